The largest absolute Gasteiger partial charge is 0.368 e. The van der Waals surface area contributed by atoms with Gasteiger partial charge in [-0.2, -0.15) is 9.97 Å². The summed E-state index contributed by atoms with van der Waals surface area (Å²) >= 11 is 0. The molecule has 6 N–H and O–H groups in total. The molecule has 0 aliphatic carbocycles. The first-order chi connectivity index (χ1) is 7.85. The van der Waals surface area contributed by atoms with E-state index in [4.69, 9.17) is 11.6 Å². The lowest BCUT2D eigenvalue weighted by Gasteiger charge is -2.32. The Kier molecular flexibility index (Phi) is 4.08. The van der Waals surface area contributed by atoms with Crippen molar-refractivity contribution >= 4 is 17.6 Å². The monoisotopic (exact) mass is 239 g/mol. The molecule has 0 saturated heterocycles. The second-order valence-corrected chi connectivity index (χ2v) is 4.70. The lowest BCUT2D eigenvalue weighted by Crippen LogP contribution is -2.44. The highest BCUT2D eigenvalue weighted by molar-refractivity contribution is 5.50. The Morgan fingerprint density at radius 3 is 2.41 bits per heavy atom. The maximum absolute atomic E-state index is 5.57. The Labute approximate surface area is 102 Å². The van der Waals surface area contributed by atoms with Crippen LogP contribution < -0.4 is 22.3 Å². The number of anilines is 3. The number of nitrogens with zero attached hydrogens (tertiary/aromatic N) is 3. The summed E-state index contributed by atoms with van der Waals surface area (Å²) in [6, 6.07) is 1.71. The molecule has 0 saturated carbocycles. The van der Waals surface area contributed by atoms with Crippen molar-refractivity contribution < 1.29 is 0 Å². The van der Waals surface area contributed by atoms with Gasteiger partial charge in [-0.05, 0) is 27.9 Å². The summed E-state index contributed by atoms with van der Waals surface area (Å²) in [4.78, 5) is 10.1. The van der Waals surface area contributed by atoms with Crippen LogP contribution in [0.15, 0.2) is 6.07 Å². The molecule has 1 rings (SSSR count). The molecule has 1 heterocycles. The molecule has 0 fully saturated rings. The van der Waals surface area contributed by atoms with Crippen LogP contribution in [0.3, 0.4) is 0 Å². The van der Waals surface area contributed by atoms with E-state index in [9.17, 15) is 0 Å². The minimum Gasteiger partial charge on any atom is -0.368 e. The van der Waals surface area contributed by atoms with Gasteiger partial charge in [0.05, 0.1) is 0 Å². The molecule has 0 radical (unpaired) electrons. The molecule has 1 aromatic rings. The number of likely N-dealkylation sites (N-methyl/N-ethyl adjacent to an activating group) is 1. The van der Waals surface area contributed by atoms with Gasteiger partial charge in [-0.3, -0.25) is 0 Å². The fraction of sp³-hybridized carbons (Fsp3) is 0.600. The number of nitrogen functional groups attached to an aromatic ring is 2. The quantitative estimate of drug-likeness (QED) is 0.426. The average Bonchev–Trinajstić information content (AvgIpc) is 2.25. The number of rotatable bonds is 5. The van der Waals surface area contributed by atoms with E-state index < -0.39 is 0 Å². The fourth-order valence-corrected chi connectivity index (χ4v) is 1.10. The summed E-state index contributed by atoms with van der Waals surface area (Å²) in [5.41, 5.74) is 8.02. The summed E-state index contributed by atoms with van der Waals surface area (Å²) in [5.74, 6) is 6.61. The minimum atomic E-state index is 0.00994. The number of hydrogen-bond donors (Lipinski definition) is 4. The van der Waals surface area contributed by atoms with Crippen molar-refractivity contribution in [3.63, 3.8) is 0 Å². The van der Waals surface area contributed by atoms with Crippen molar-refractivity contribution in [1.29, 1.82) is 0 Å². The molecule has 7 nitrogen and oxygen atoms in total. The van der Waals surface area contributed by atoms with Gasteiger partial charge in [0.15, 0.2) is 0 Å². The van der Waals surface area contributed by atoms with Gasteiger partial charge in [-0.25, -0.2) is 5.84 Å². The molecular formula is C10H21N7. The zero-order chi connectivity index (χ0) is 13.1. The highest BCUT2D eigenvalue weighted by Gasteiger charge is 2.20. The Hall–Kier alpha value is -1.60. The molecule has 0 amide bonds. The van der Waals surface area contributed by atoms with Crippen LogP contribution in [0.2, 0.25) is 0 Å². The molecule has 96 valence electrons. The van der Waals surface area contributed by atoms with E-state index in [0.29, 0.717) is 11.6 Å². The minimum absolute atomic E-state index is 0.00994. The van der Waals surface area contributed by atoms with Crippen LogP contribution in [-0.4, -0.2) is 41.0 Å². The van der Waals surface area contributed by atoms with Gasteiger partial charge in [0.2, 0.25) is 5.95 Å². The summed E-state index contributed by atoms with van der Waals surface area (Å²) in [7, 11) is 4.06. The first-order valence-corrected chi connectivity index (χ1v) is 5.37. The number of nitrogens with one attached hydrogen (secondary N) is 2. The maximum atomic E-state index is 5.57. The molecule has 0 aromatic carbocycles. The highest BCUT2D eigenvalue weighted by atomic mass is 15.3. The van der Waals surface area contributed by atoms with E-state index in [1.165, 1.54) is 0 Å². The maximum Gasteiger partial charge on any atom is 0.223 e. The molecule has 0 bridgehead atoms. The Morgan fingerprint density at radius 1 is 1.29 bits per heavy atom. The van der Waals surface area contributed by atoms with Crippen molar-refractivity contribution in [3.8, 4) is 0 Å². The summed E-state index contributed by atoms with van der Waals surface area (Å²) in [6.45, 7) is 5.00. The summed E-state index contributed by atoms with van der Waals surface area (Å²) in [5, 5.41) is 3.21. The predicted octanol–water partition coefficient (Wildman–Crippen LogP) is 0.0965. The second kappa shape index (κ2) is 5.15. The zero-order valence-corrected chi connectivity index (χ0v) is 10.8. The fourth-order valence-electron chi connectivity index (χ4n) is 1.10. The lowest BCUT2D eigenvalue weighted by molar-refractivity contribution is 0.210. The first kappa shape index (κ1) is 13.5. The zero-order valence-electron chi connectivity index (χ0n) is 10.8. The molecule has 0 aliphatic rings. The first-order valence-electron chi connectivity index (χ1n) is 5.37. The number of hydrazine groups is 1. The molecule has 0 atom stereocenters. The van der Waals surface area contributed by atoms with Gasteiger partial charge in [-0.15, -0.1) is 0 Å². The van der Waals surface area contributed by atoms with Crippen LogP contribution in [0, 0.1) is 0 Å². The molecule has 17 heavy (non-hydrogen) atoms. The van der Waals surface area contributed by atoms with Crippen molar-refractivity contribution in [2.45, 2.75) is 19.4 Å². The second-order valence-electron chi connectivity index (χ2n) is 4.70. The van der Waals surface area contributed by atoms with Gasteiger partial charge < -0.3 is 21.4 Å². The van der Waals surface area contributed by atoms with E-state index in [-0.39, 0.29) is 11.5 Å². The molecule has 7 heteroatoms. The van der Waals surface area contributed by atoms with E-state index in [1.807, 2.05) is 14.1 Å². The van der Waals surface area contributed by atoms with Crippen molar-refractivity contribution in [2.24, 2.45) is 5.84 Å². The Bertz CT molecular complexity index is 375. The van der Waals surface area contributed by atoms with Crippen molar-refractivity contribution in [3.05, 3.63) is 6.07 Å². The third-order valence-corrected chi connectivity index (χ3v) is 2.80. The average molecular weight is 239 g/mol. The molecular weight excluding hydrogens is 218 g/mol. The third kappa shape index (κ3) is 3.72. The van der Waals surface area contributed by atoms with Crippen LogP contribution >= 0.6 is 0 Å². The van der Waals surface area contributed by atoms with Gasteiger partial charge >= 0.3 is 0 Å². The molecule has 0 spiro atoms. The predicted molar refractivity (Wildman–Crippen MR) is 70.5 cm³/mol. The molecule has 0 aliphatic heterocycles. The van der Waals surface area contributed by atoms with Crippen LogP contribution in [-0.2, 0) is 0 Å². The van der Waals surface area contributed by atoms with Crippen LogP contribution in [0.25, 0.3) is 0 Å². The summed E-state index contributed by atoms with van der Waals surface area (Å²) in [6.07, 6.45) is 0. The number of aromatic nitrogens is 2. The van der Waals surface area contributed by atoms with Crippen molar-refractivity contribution in [2.75, 3.05) is 37.1 Å². The standard InChI is InChI=1S/C10H21N7/c1-10(2,17(3)4)6-13-7-5-8(16-12)15-9(11)14-7/h5H,6,12H2,1-4H3,(H4,11,13,14,15,16). The topological polar surface area (TPSA) is 105 Å². The van der Waals surface area contributed by atoms with Gasteiger partial charge in [0.1, 0.15) is 11.6 Å². The Morgan fingerprint density at radius 2 is 1.88 bits per heavy atom. The molecule has 1 aromatic heterocycles. The summed E-state index contributed by atoms with van der Waals surface area (Å²) < 4.78 is 0. The SMILES string of the molecule is CN(C)C(C)(C)CNc1cc(NN)nc(N)n1. The number of nitrogens with two attached hydrogens (primary N) is 2. The Balaban J connectivity index is 2.72. The highest BCUT2D eigenvalue weighted by Crippen LogP contribution is 2.14. The van der Waals surface area contributed by atoms with E-state index in [0.717, 1.165) is 6.54 Å². The van der Waals surface area contributed by atoms with E-state index in [1.54, 1.807) is 6.07 Å². The van der Waals surface area contributed by atoms with Gasteiger partial charge in [0.25, 0.3) is 0 Å². The van der Waals surface area contributed by atoms with E-state index in [2.05, 4.69) is 39.5 Å². The smallest absolute Gasteiger partial charge is 0.223 e. The van der Waals surface area contributed by atoms with Gasteiger partial charge in [-0.1, -0.05) is 0 Å². The van der Waals surface area contributed by atoms with Crippen LogP contribution in [0.4, 0.5) is 17.6 Å². The van der Waals surface area contributed by atoms with Crippen molar-refractivity contribution in [1.82, 2.24) is 14.9 Å². The molecule has 0 unspecified atom stereocenters. The van der Waals surface area contributed by atoms with Gasteiger partial charge in [0, 0.05) is 18.2 Å². The van der Waals surface area contributed by atoms with Crippen LogP contribution in [0.1, 0.15) is 13.8 Å². The van der Waals surface area contributed by atoms with Crippen LogP contribution in [0.5, 0.6) is 0 Å². The lowest BCUT2D eigenvalue weighted by atomic mass is 10.0. The van der Waals surface area contributed by atoms with E-state index >= 15 is 0 Å². The third-order valence-electron chi connectivity index (χ3n) is 2.80. The number of hydrogen-bond acceptors (Lipinski definition) is 7. The normalized spacial score (nSPS) is 11.6.